The first-order valence-electron chi connectivity index (χ1n) is 19.0. The highest BCUT2D eigenvalue weighted by atomic mass is 19.1. The molecule has 0 fully saturated rings. The van der Waals surface area contributed by atoms with Gasteiger partial charge >= 0.3 is 0 Å². The molecule has 0 radical (unpaired) electrons. The summed E-state index contributed by atoms with van der Waals surface area (Å²) in [6.07, 6.45) is 21.8. The Morgan fingerprint density at radius 1 is 0.963 bits per heavy atom. The van der Waals surface area contributed by atoms with Crippen LogP contribution in [-0.2, 0) is 17.8 Å². The molecule has 0 saturated carbocycles. The minimum absolute atomic E-state index is 0.114. The summed E-state index contributed by atoms with van der Waals surface area (Å²) in [7, 11) is 1.97. The number of nitrogens with one attached hydrogen (secondary N) is 2. The van der Waals surface area contributed by atoms with E-state index in [2.05, 4.69) is 66.6 Å². The van der Waals surface area contributed by atoms with Gasteiger partial charge in [0.15, 0.2) is 0 Å². The Morgan fingerprint density at radius 3 is 2.41 bits per heavy atom. The van der Waals surface area contributed by atoms with Crippen molar-refractivity contribution < 1.29 is 13.6 Å². The number of unbranched alkanes of at least 4 members (excludes halogenated alkanes) is 1. The van der Waals surface area contributed by atoms with E-state index in [1.54, 1.807) is 29.2 Å². The average Bonchev–Trinajstić information content (AvgIpc) is 3.56. The Morgan fingerprint density at radius 2 is 1.70 bits per heavy atom. The van der Waals surface area contributed by atoms with Crippen LogP contribution in [0.1, 0.15) is 82.6 Å². The first-order valence-corrected chi connectivity index (χ1v) is 19.0. The number of furan rings is 1. The number of aromatic nitrogens is 1. The van der Waals surface area contributed by atoms with E-state index in [1.165, 1.54) is 29.2 Å². The van der Waals surface area contributed by atoms with E-state index < -0.39 is 0 Å². The van der Waals surface area contributed by atoms with Gasteiger partial charge in [0.05, 0.1) is 6.54 Å². The molecule has 1 amide bonds. The van der Waals surface area contributed by atoms with E-state index in [1.807, 2.05) is 75.8 Å². The van der Waals surface area contributed by atoms with Gasteiger partial charge in [0.25, 0.3) is 0 Å². The van der Waals surface area contributed by atoms with Gasteiger partial charge in [0, 0.05) is 60.5 Å². The number of allylic oxidation sites excluding steroid dienone is 2. The Bertz CT molecular complexity index is 2030. The predicted molar refractivity (Wildman–Crippen MR) is 226 cm³/mol. The number of carbonyl (C=O) groups is 1. The summed E-state index contributed by atoms with van der Waals surface area (Å²) in [6.45, 7) is 12.2. The van der Waals surface area contributed by atoms with Crippen LogP contribution in [0.5, 0.6) is 0 Å². The largest absolute Gasteiger partial charge is 0.456 e. The minimum atomic E-state index is -0.343. The number of para-hydroxylation sites is 1. The van der Waals surface area contributed by atoms with Gasteiger partial charge in [-0.05, 0) is 86.8 Å². The lowest BCUT2D eigenvalue weighted by molar-refractivity contribution is -0.126. The number of benzene rings is 3. The molecule has 0 unspecified atom stereocenters. The fraction of sp³-hybridized carbons (Fsp3) is 0.319. The Kier molecular flexibility index (Phi) is 19.2. The molecule has 0 saturated heterocycles. The first kappa shape index (κ1) is 43.1. The fourth-order valence-corrected chi connectivity index (χ4v) is 5.87. The number of aryl methyl sites for hydroxylation is 1. The van der Waals surface area contributed by atoms with Crippen LogP contribution in [-0.4, -0.2) is 42.5 Å². The molecule has 6 nitrogen and oxygen atoms in total. The molecule has 0 spiro atoms. The number of halogens is 1. The third kappa shape index (κ3) is 13.3. The van der Waals surface area contributed by atoms with Crippen molar-refractivity contribution in [3.8, 4) is 12.3 Å². The molecule has 0 bridgehead atoms. The highest BCUT2D eigenvalue weighted by molar-refractivity contribution is 6.05. The van der Waals surface area contributed by atoms with Crippen molar-refractivity contribution in [1.82, 2.24) is 20.5 Å². The quantitative estimate of drug-likeness (QED) is 0.0830. The topological polar surface area (TPSA) is 70.4 Å². The van der Waals surface area contributed by atoms with Crippen LogP contribution in [0.2, 0.25) is 0 Å². The van der Waals surface area contributed by atoms with E-state index >= 15 is 0 Å². The maximum Gasteiger partial charge on any atom is 0.241 e. The summed E-state index contributed by atoms with van der Waals surface area (Å²) in [6, 6.07) is 22.7. The van der Waals surface area contributed by atoms with Crippen molar-refractivity contribution in [1.29, 1.82) is 0 Å². The summed E-state index contributed by atoms with van der Waals surface area (Å²) in [5, 5.41) is 8.55. The molecule has 5 aromatic rings. The Hall–Kier alpha value is -5.29. The average molecular weight is 729 g/mol. The van der Waals surface area contributed by atoms with Crippen molar-refractivity contribution in [2.45, 2.75) is 73.3 Å². The highest BCUT2D eigenvalue weighted by Crippen LogP contribution is 2.29. The number of hydrogen-bond donors (Lipinski definition) is 2. The minimum Gasteiger partial charge on any atom is -0.456 e. The highest BCUT2D eigenvalue weighted by Gasteiger charge is 2.20. The second-order valence-electron chi connectivity index (χ2n) is 12.9. The van der Waals surface area contributed by atoms with Crippen LogP contribution in [0.15, 0.2) is 113 Å². The molecule has 5 rings (SSSR count). The van der Waals surface area contributed by atoms with Gasteiger partial charge in [-0.25, -0.2) is 4.39 Å². The lowest BCUT2D eigenvalue weighted by atomic mass is 10.0. The molecule has 2 heterocycles. The SMILES string of the molecule is C#CCC.C/C=C(/c1ccccc1F)N(C/C=C\CCC)C(=O)CNCc1ccc2oc3ccccc3c2c1.CCCc1ccncc1/C=C(\C)CNC. The van der Waals surface area contributed by atoms with Crippen molar-refractivity contribution in [3.05, 3.63) is 137 Å². The van der Waals surface area contributed by atoms with Crippen molar-refractivity contribution in [2.75, 3.05) is 26.7 Å². The van der Waals surface area contributed by atoms with Gasteiger partial charge < -0.3 is 20.0 Å². The molecule has 0 atom stereocenters. The number of likely N-dealkylation sites (N-methyl/N-ethyl adjacent to an activating group) is 1. The molecule has 3 aromatic carbocycles. The third-order valence-corrected chi connectivity index (χ3v) is 8.50. The van der Waals surface area contributed by atoms with Crippen LogP contribution < -0.4 is 10.6 Å². The van der Waals surface area contributed by atoms with Crippen LogP contribution >= 0.6 is 0 Å². The zero-order valence-corrected chi connectivity index (χ0v) is 32.9. The summed E-state index contributed by atoms with van der Waals surface area (Å²) >= 11 is 0. The molecule has 0 aliphatic carbocycles. The summed E-state index contributed by atoms with van der Waals surface area (Å²) in [5.74, 6) is 1.97. The molecule has 54 heavy (non-hydrogen) atoms. The molecule has 0 aliphatic rings. The molecular formula is C47H57FN4O2. The van der Waals surface area contributed by atoms with Crippen LogP contribution in [0.4, 0.5) is 4.39 Å². The number of nitrogens with zero attached hydrogens (tertiary/aromatic N) is 2. The zero-order valence-electron chi connectivity index (χ0n) is 32.9. The van der Waals surface area contributed by atoms with E-state index in [9.17, 15) is 9.18 Å². The Labute approximate surface area is 322 Å². The van der Waals surface area contributed by atoms with Gasteiger partial charge in [-0.2, -0.15) is 0 Å². The van der Waals surface area contributed by atoms with Crippen LogP contribution in [0, 0.1) is 18.2 Å². The summed E-state index contributed by atoms with van der Waals surface area (Å²) < 4.78 is 20.5. The molecule has 2 aromatic heterocycles. The smallest absolute Gasteiger partial charge is 0.241 e. The zero-order chi connectivity index (χ0) is 39.1. The monoisotopic (exact) mass is 728 g/mol. The summed E-state index contributed by atoms with van der Waals surface area (Å²) in [5.41, 5.74) is 7.75. The molecular weight excluding hydrogens is 672 g/mol. The van der Waals surface area contributed by atoms with E-state index in [0.29, 0.717) is 24.4 Å². The second kappa shape index (κ2) is 24.1. The lowest BCUT2D eigenvalue weighted by Gasteiger charge is -2.25. The number of amides is 1. The standard InChI is InChI=1S/C30H31FN2O2.C13H20N2.C4H6/c1-3-5-6-11-18-33(27(4-2)24-13-7-9-14-26(24)31)30(34)21-32-20-22-16-17-29-25(19-22)23-12-8-10-15-28(23)35-29;1-4-5-12-6-7-15-10-13(12)8-11(2)9-14-3;1-3-4-2/h4,6-17,19,32H,3,5,18,20-21H2,1-2H3;6-8,10,14H,4-5,9H2,1-3H3;1H,4H2,2H3/b11-6-,27-4-;11-8+;. The Balaban J connectivity index is 0.000000342. The van der Waals surface area contributed by atoms with Crippen molar-refractivity contribution >= 4 is 39.6 Å². The van der Waals surface area contributed by atoms with E-state index in [0.717, 1.165) is 59.7 Å². The van der Waals surface area contributed by atoms with Crippen LogP contribution in [0.3, 0.4) is 0 Å². The normalized spacial score (nSPS) is 11.5. The van der Waals surface area contributed by atoms with Gasteiger partial charge in [-0.3, -0.25) is 9.78 Å². The number of rotatable bonds is 15. The number of carbonyl (C=O) groups excluding carboxylic acids is 1. The van der Waals surface area contributed by atoms with Crippen LogP contribution in [0.25, 0.3) is 33.7 Å². The molecule has 284 valence electrons. The second-order valence-corrected chi connectivity index (χ2v) is 12.9. The van der Waals surface area contributed by atoms with Gasteiger partial charge in [0.2, 0.25) is 5.91 Å². The van der Waals surface area contributed by atoms with Gasteiger partial charge in [-0.1, -0.05) is 99.9 Å². The van der Waals surface area contributed by atoms with Gasteiger partial charge in [0.1, 0.15) is 17.0 Å². The maximum absolute atomic E-state index is 14.6. The number of fused-ring (bicyclic) bond motifs is 3. The molecule has 7 heteroatoms. The predicted octanol–water partition coefficient (Wildman–Crippen LogP) is 10.7. The van der Waals surface area contributed by atoms with Crippen molar-refractivity contribution in [3.63, 3.8) is 0 Å². The van der Waals surface area contributed by atoms with Crippen molar-refractivity contribution in [2.24, 2.45) is 0 Å². The molecule has 2 N–H and O–H groups in total. The first-order chi connectivity index (χ1) is 26.3. The van der Waals surface area contributed by atoms with Gasteiger partial charge in [-0.15, -0.1) is 12.3 Å². The number of pyridine rings is 1. The summed E-state index contributed by atoms with van der Waals surface area (Å²) in [4.78, 5) is 19.1. The molecule has 0 aliphatic heterocycles. The number of terminal acetylenes is 1. The third-order valence-electron chi connectivity index (χ3n) is 8.50. The van der Waals surface area contributed by atoms with E-state index in [4.69, 9.17) is 10.8 Å². The number of hydrogen-bond acceptors (Lipinski definition) is 5. The fourth-order valence-electron chi connectivity index (χ4n) is 5.87. The lowest BCUT2D eigenvalue weighted by Crippen LogP contribution is -2.37. The maximum atomic E-state index is 14.6. The van der Waals surface area contributed by atoms with E-state index in [-0.39, 0.29) is 18.3 Å².